The first kappa shape index (κ1) is 18.5. The van der Waals surface area contributed by atoms with Crippen molar-refractivity contribution in [3.63, 3.8) is 0 Å². The fraction of sp³-hybridized carbons (Fsp3) is 0.350. The number of Topliss-reactive ketones (excluding diaryl/α,β-unsaturated/α-hetero) is 1. The van der Waals surface area contributed by atoms with Crippen molar-refractivity contribution >= 4 is 17.5 Å². The van der Waals surface area contributed by atoms with Gasteiger partial charge in [0, 0.05) is 29.1 Å². The van der Waals surface area contributed by atoms with Gasteiger partial charge in [0.05, 0.1) is 5.75 Å². The largest absolute Gasteiger partial charge is 0.411 e. The fourth-order valence-electron chi connectivity index (χ4n) is 3.26. The summed E-state index contributed by atoms with van der Waals surface area (Å²) < 4.78 is 7.87. The molecule has 0 aliphatic heterocycles. The molecule has 0 saturated heterocycles. The zero-order valence-electron chi connectivity index (χ0n) is 15.8. The van der Waals surface area contributed by atoms with Crippen LogP contribution in [0.15, 0.2) is 33.9 Å². The molecule has 0 radical (unpaired) electrons. The molecule has 3 rings (SSSR count). The molecule has 1 aromatic carbocycles. The lowest BCUT2D eigenvalue weighted by atomic mass is 10.1. The number of aromatic nitrogens is 3. The van der Waals surface area contributed by atoms with Crippen molar-refractivity contribution in [3.8, 4) is 11.5 Å². The van der Waals surface area contributed by atoms with E-state index in [0.717, 1.165) is 40.2 Å². The molecule has 0 bridgehead atoms. The van der Waals surface area contributed by atoms with Crippen LogP contribution in [0.4, 0.5) is 0 Å². The highest BCUT2D eigenvalue weighted by atomic mass is 32.2. The summed E-state index contributed by atoms with van der Waals surface area (Å²) in [5, 5.41) is 8.60. The lowest BCUT2D eigenvalue weighted by molar-refractivity contribution is 0.102. The van der Waals surface area contributed by atoms with E-state index >= 15 is 0 Å². The number of aryl methyl sites for hydroxylation is 3. The van der Waals surface area contributed by atoms with Crippen molar-refractivity contribution in [1.82, 2.24) is 14.8 Å². The molecular weight excluding hydrogens is 346 g/mol. The zero-order chi connectivity index (χ0) is 18.8. The number of hydrogen-bond donors (Lipinski definition) is 0. The molecule has 0 atom stereocenters. The monoisotopic (exact) mass is 369 g/mol. The Bertz CT molecular complexity index is 936. The SMILES string of the molecule is CCn1c(C)cc(C(=O)CSc2nnc(-c3cc(C)cc(C)c3)o2)c1C. The topological polar surface area (TPSA) is 60.9 Å². The third-order valence-corrected chi connectivity index (χ3v) is 5.21. The van der Waals surface area contributed by atoms with Gasteiger partial charge in [-0.05, 0) is 52.8 Å². The minimum Gasteiger partial charge on any atom is -0.411 e. The van der Waals surface area contributed by atoms with Gasteiger partial charge in [-0.1, -0.05) is 29.0 Å². The maximum Gasteiger partial charge on any atom is 0.277 e. The molecular formula is C20H23N3O2S. The van der Waals surface area contributed by atoms with Crippen LogP contribution in [0.1, 0.15) is 39.8 Å². The quantitative estimate of drug-likeness (QED) is 0.463. The van der Waals surface area contributed by atoms with E-state index in [9.17, 15) is 4.79 Å². The average molecular weight is 369 g/mol. The van der Waals surface area contributed by atoms with Crippen LogP contribution in [0, 0.1) is 27.7 Å². The molecule has 0 spiro atoms. The Labute approximate surface area is 157 Å². The highest BCUT2D eigenvalue weighted by Crippen LogP contribution is 2.26. The third-order valence-electron chi connectivity index (χ3n) is 4.39. The number of carbonyl (C=O) groups is 1. The molecule has 2 heterocycles. The Hall–Kier alpha value is -2.34. The van der Waals surface area contributed by atoms with Gasteiger partial charge >= 0.3 is 0 Å². The normalized spacial score (nSPS) is 11.1. The molecule has 0 unspecified atom stereocenters. The van der Waals surface area contributed by atoms with Crippen molar-refractivity contribution in [1.29, 1.82) is 0 Å². The van der Waals surface area contributed by atoms with Crippen LogP contribution in [0.5, 0.6) is 0 Å². The van der Waals surface area contributed by atoms with Crippen molar-refractivity contribution in [2.45, 2.75) is 46.4 Å². The molecule has 5 nitrogen and oxygen atoms in total. The Balaban J connectivity index is 1.71. The van der Waals surface area contributed by atoms with Crippen molar-refractivity contribution in [2.75, 3.05) is 5.75 Å². The minimum absolute atomic E-state index is 0.0777. The molecule has 0 N–H and O–H groups in total. The third kappa shape index (κ3) is 3.75. The summed E-state index contributed by atoms with van der Waals surface area (Å²) in [5.74, 6) is 0.840. The van der Waals surface area contributed by atoms with Crippen LogP contribution in [-0.2, 0) is 6.54 Å². The summed E-state index contributed by atoms with van der Waals surface area (Å²) >= 11 is 1.28. The second-order valence-corrected chi connectivity index (χ2v) is 7.42. The molecule has 0 amide bonds. The number of nitrogens with zero attached hydrogens (tertiary/aromatic N) is 3. The van der Waals surface area contributed by atoms with E-state index in [1.165, 1.54) is 11.8 Å². The Morgan fingerprint density at radius 2 is 1.77 bits per heavy atom. The number of benzene rings is 1. The number of rotatable bonds is 6. The van der Waals surface area contributed by atoms with Gasteiger partial charge in [-0.3, -0.25) is 4.79 Å². The van der Waals surface area contributed by atoms with Crippen LogP contribution < -0.4 is 0 Å². The predicted octanol–water partition coefficient (Wildman–Crippen LogP) is 4.77. The van der Waals surface area contributed by atoms with E-state index in [2.05, 4.69) is 27.8 Å². The lowest BCUT2D eigenvalue weighted by Crippen LogP contribution is -2.05. The van der Waals surface area contributed by atoms with Crippen LogP contribution >= 0.6 is 11.8 Å². The standard InChI is InChI=1S/C20H23N3O2S/c1-6-23-14(4)10-17(15(23)5)18(24)11-26-20-22-21-19(25-20)16-8-12(2)7-13(3)9-16/h7-10H,6,11H2,1-5H3. The van der Waals surface area contributed by atoms with Gasteiger partial charge in [0.1, 0.15) is 0 Å². The molecule has 6 heteroatoms. The second-order valence-electron chi connectivity index (χ2n) is 6.49. The first-order chi connectivity index (χ1) is 12.4. The molecule has 136 valence electrons. The van der Waals surface area contributed by atoms with Gasteiger partial charge in [-0.25, -0.2) is 0 Å². The van der Waals surface area contributed by atoms with Gasteiger partial charge < -0.3 is 8.98 Å². The van der Waals surface area contributed by atoms with Gasteiger partial charge in [0.2, 0.25) is 5.89 Å². The number of thioether (sulfide) groups is 1. The molecule has 2 aromatic heterocycles. The maximum absolute atomic E-state index is 12.6. The summed E-state index contributed by atoms with van der Waals surface area (Å²) in [6, 6.07) is 8.08. The molecule has 0 saturated carbocycles. The minimum atomic E-state index is 0.0777. The second kappa shape index (κ2) is 7.50. The summed E-state index contributed by atoms with van der Waals surface area (Å²) in [7, 11) is 0. The molecule has 3 aromatic rings. The average Bonchev–Trinajstić information content (AvgIpc) is 3.16. The van der Waals surface area contributed by atoms with E-state index in [-0.39, 0.29) is 11.5 Å². The number of ketones is 1. The Morgan fingerprint density at radius 3 is 2.38 bits per heavy atom. The van der Waals surface area contributed by atoms with Crippen LogP contribution in [0.2, 0.25) is 0 Å². The first-order valence-corrected chi connectivity index (χ1v) is 9.62. The highest BCUT2D eigenvalue weighted by Gasteiger charge is 2.17. The highest BCUT2D eigenvalue weighted by molar-refractivity contribution is 7.99. The zero-order valence-corrected chi connectivity index (χ0v) is 16.6. The summed E-state index contributed by atoms with van der Waals surface area (Å²) in [6.07, 6.45) is 0. The number of carbonyl (C=O) groups excluding carboxylic acids is 1. The summed E-state index contributed by atoms with van der Waals surface area (Å²) in [4.78, 5) is 12.6. The maximum atomic E-state index is 12.6. The van der Waals surface area contributed by atoms with Gasteiger partial charge in [0.15, 0.2) is 5.78 Å². The summed E-state index contributed by atoms with van der Waals surface area (Å²) in [6.45, 7) is 11.0. The number of hydrogen-bond acceptors (Lipinski definition) is 5. The first-order valence-electron chi connectivity index (χ1n) is 8.64. The van der Waals surface area contributed by atoms with E-state index in [1.54, 1.807) is 0 Å². The lowest BCUT2D eigenvalue weighted by Gasteiger charge is -2.05. The van der Waals surface area contributed by atoms with E-state index < -0.39 is 0 Å². The Kier molecular flexibility index (Phi) is 5.32. The molecule has 0 aliphatic carbocycles. The van der Waals surface area contributed by atoms with Gasteiger partial charge in [0.25, 0.3) is 5.22 Å². The molecule has 0 fully saturated rings. The predicted molar refractivity (Wildman–Crippen MR) is 104 cm³/mol. The Morgan fingerprint density at radius 1 is 1.08 bits per heavy atom. The van der Waals surface area contributed by atoms with Crippen LogP contribution in [0.3, 0.4) is 0 Å². The summed E-state index contributed by atoms with van der Waals surface area (Å²) in [5.41, 5.74) is 6.08. The van der Waals surface area contributed by atoms with Crippen LogP contribution in [0.25, 0.3) is 11.5 Å². The fourth-order valence-corrected chi connectivity index (χ4v) is 3.90. The van der Waals surface area contributed by atoms with E-state index in [1.807, 2.05) is 45.9 Å². The van der Waals surface area contributed by atoms with Crippen molar-refractivity contribution in [3.05, 3.63) is 52.3 Å². The van der Waals surface area contributed by atoms with Gasteiger partial charge in [-0.15, -0.1) is 10.2 Å². The van der Waals surface area contributed by atoms with E-state index in [0.29, 0.717) is 11.1 Å². The van der Waals surface area contributed by atoms with Crippen molar-refractivity contribution < 1.29 is 9.21 Å². The molecule has 26 heavy (non-hydrogen) atoms. The van der Waals surface area contributed by atoms with Gasteiger partial charge in [-0.2, -0.15) is 0 Å². The molecule has 0 aliphatic rings. The van der Waals surface area contributed by atoms with Crippen LogP contribution in [-0.4, -0.2) is 26.3 Å². The van der Waals surface area contributed by atoms with Crippen molar-refractivity contribution in [2.24, 2.45) is 0 Å². The van der Waals surface area contributed by atoms with E-state index in [4.69, 9.17) is 4.42 Å². The smallest absolute Gasteiger partial charge is 0.277 e.